The molecule has 7 heteroatoms. The predicted molar refractivity (Wildman–Crippen MR) is 129 cm³/mol. The minimum atomic E-state index is -3.59. The Hall–Kier alpha value is -1.85. The van der Waals surface area contributed by atoms with Crippen molar-refractivity contribution in [2.24, 2.45) is 0 Å². The van der Waals surface area contributed by atoms with E-state index in [1.165, 1.54) is 0 Å². The van der Waals surface area contributed by atoms with E-state index in [2.05, 4.69) is 20.2 Å². The number of rotatable bonds is 13. The van der Waals surface area contributed by atoms with Crippen LogP contribution in [0, 0.1) is 13.8 Å². The van der Waals surface area contributed by atoms with Crippen LogP contribution in [0.15, 0.2) is 36.4 Å². The van der Waals surface area contributed by atoms with Crippen LogP contribution in [-0.2, 0) is 21.9 Å². The molecule has 0 bridgehead atoms. The number of phenolic OH excluding ortho intramolecular Hbond substituents is 2. The van der Waals surface area contributed by atoms with Crippen molar-refractivity contribution in [2.45, 2.75) is 46.0 Å². The molecule has 0 aromatic heterocycles. The van der Waals surface area contributed by atoms with Crippen LogP contribution in [0.4, 0.5) is 0 Å². The van der Waals surface area contributed by atoms with E-state index in [9.17, 15) is 19.7 Å². The highest BCUT2D eigenvalue weighted by atomic mass is 31.2. The molecule has 32 heavy (non-hydrogen) atoms. The molecule has 6 nitrogen and oxygen atoms in total. The normalized spacial score (nSPS) is 13.8. The Kier molecular flexibility index (Phi) is 9.78. The van der Waals surface area contributed by atoms with Gasteiger partial charge in [-0.3, -0.25) is 4.57 Å². The van der Waals surface area contributed by atoms with Crippen molar-refractivity contribution in [3.05, 3.63) is 58.7 Å². The summed E-state index contributed by atoms with van der Waals surface area (Å²) in [7, 11) is 0.598. The molecule has 0 aliphatic rings. The van der Waals surface area contributed by atoms with Crippen LogP contribution in [0.5, 0.6) is 11.5 Å². The Bertz CT molecular complexity index is 908. The number of unbranched alkanes of at least 4 members (excludes halogenated alkanes) is 1. The number of aromatic hydroxyl groups is 2. The maximum Gasteiger partial charge on any atom is 0.328 e. The molecule has 2 aromatic rings. The molecule has 0 saturated heterocycles. The van der Waals surface area contributed by atoms with Crippen molar-refractivity contribution in [1.82, 2.24) is 0 Å². The molecule has 2 aromatic carbocycles. The van der Waals surface area contributed by atoms with E-state index in [1.54, 1.807) is 18.2 Å². The monoisotopic (exact) mass is 464 g/mol. The smallest absolute Gasteiger partial charge is 0.328 e. The molecule has 1 atom stereocenters. The summed E-state index contributed by atoms with van der Waals surface area (Å²) in [4.78, 5) is 10.1. The van der Waals surface area contributed by atoms with Gasteiger partial charge in [0.15, 0.2) is 0 Å². The Morgan fingerprint density at radius 3 is 2.31 bits per heavy atom. The average molecular weight is 465 g/mol. The summed E-state index contributed by atoms with van der Waals surface area (Å²) in [5.41, 5.74) is 4.05. The number of hydrogen-bond donors (Lipinski definition) is 3. The lowest BCUT2D eigenvalue weighted by atomic mass is 10.1. The second-order valence-corrected chi connectivity index (χ2v) is 11.4. The molecule has 3 N–H and O–H groups in total. The Labute approximate surface area is 192 Å². The molecule has 0 aliphatic heterocycles. The van der Waals surface area contributed by atoms with E-state index in [-0.39, 0.29) is 18.5 Å². The third kappa shape index (κ3) is 9.74. The van der Waals surface area contributed by atoms with Crippen LogP contribution in [0.1, 0.15) is 41.5 Å². The van der Waals surface area contributed by atoms with Gasteiger partial charge < -0.3 is 24.1 Å². The van der Waals surface area contributed by atoms with Gasteiger partial charge in [0.25, 0.3) is 0 Å². The summed E-state index contributed by atoms with van der Waals surface area (Å²) < 4.78 is 18.4. The topological polar surface area (TPSA) is 87.0 Å². The summed E-state index contributed by atoms with van der Waals surface area (Å²) in [6.07, 6.45) is 4.12. The molecule has 2 rings (SSSR count). The van der Waals surface area contributed by atoms with E-state index < -0.39 is 7.60 Å². The molecule has 0 spiro atoms. The van der Waals surface area contributed by atoms with Crippen molar-refractivity contribution in [1.29, 1.82) is 0 Å². The minimum Gasteiger partial charge on any atom is -0.508 e. The van der Waals surface area contributed by atoms with Gasteiger partial charge >= 0.3 is 7.60 Å². The first kappa shape index (κ1) is 26.4. The molecular formula is C25H39NO5P+. The van der Waals surface area contributed by atoms with Gasteiger partial charge in [-0.15, -0.1) is 0 Å². The number of hydrogen-bond acceptors (Lipinski definition) is 4. The third-order valence-electron chi connectivity index (χ3n) is 5.77. The van der Waals surface area contributed by atoms with Gasteiger partial charge in [-0.2, -0.15) is 0 Å². The molecule has 0 aliphatic carbocycles. The van der Waals surface area contributed by atoms with E-state index in [4.69, 9.17) is 4.52 Å². The standard InChI is InChI=1S/C25H38NO5P/c1-20-16-23(18-24(27)17-20)9-7-12-26(3,4)13-14-31-32(29,30)15-6-5-8-22-11-10-21(2)25(28)19-22/h10-11,16-19H,5-9,12-15H2,1-4H3,(H2-,27,28,29,30)/p+1. The predicted octanol–water partition coefficient (Wildman–Crippen LogP) is 4.95. The second kappa shape index (κ2) is 11.9. The fourth-order valence-corrected chi connectivity index (χ4v) is 4.87. The van der Waals surface area contributed by atoms with Crippen LogP contribution in [0.2, 0.25) is 0 Å². The minimum absolute atomic E-state index is 0.148. The van der Waals surface area contributed by atoms with Crippen LogP contribution in [-0.4, -0.2) is 59.5 Å². The molecule has 0 fully saturated rings. The fraction of sp³-hybridized carbons (Fsp3) is 0.520. The van der Waals surface area contributed by atoms with Crippen molar-refractivity contribution >= 4 is 7.60 Å². The highest BCUT2D eigenvalue weighted by Gasteiger charge is 2.22. The number of quaternary nitrogens is 1. The maximum absolute atomic E-state index is 12.3. The quantitative estimate of drug-likeness (QED) is 0.222. The van der Waals surface area contributed by atoms with E-state index in [0.29, 0.717) is 23.2 Å². The second-order valence-electron chi connectivity index (χ2n) is 9.44. The number of nitrogens with zero attached hydrogens (tertiary/aromatic N) is 1. The van der Waals surface area contributed by atoms with Crippen LogP contribution in [0.25, 0.3) is 0 Å². The molecule has 0 heterocycles. The molecule has 0 radical (unpaired) electrons. The van der Waals surface area contributed by atoms with Gasteiger partial charge in [-0.1, -0.05) is 18.2 Å². The van der Waals surface area contributed by atoms with Gasteiger partial charge in [0, 0.05) is 6.42 Å². The molecule has 0 amide bonds. The first-order chi connectivity index (χ1) is 15.0. The maximum atomic E-state index is 12.3. The highest BCUT2D eigenvalue weighted by molar-refractivity contribution is 7.52. The zero-order valence-corrected chi connectivity index (χ0v) is 20.8. The van der Waals surface area contributed by atoms with Crippen molar-refractivity contribution in [2.75, 3.05) is 40.0 Å². The lowest BCUT2D eigenvalue weighted by Gasteiger charge is -2.30. The van der Waals surface area contributed by atoms with Gasteiger partial charge in [-0.25, -0.2) is 0 Å². The van der Waals surface area contributed by atoms with E-state index >= 15 is 0 Å². The Morgan fingerprint density at radius 2 is 1.62 bits per heavy atom. The lowest BCUT2D eigenvalue weighted by molar-refractivity contribution is -0.890. The number of likely N-dealkylation sites (N-methyl/N-ethyl adjacent to an activating group) is 1. The van der Waals surface area contributed by atoms with Gasteiger partial charge in [-0.05, 0) is 80.0 Å². The average Bonchev–Trinajstić information content (AvgIpc) is 2.66. The zero-order valence-electron chi connectivity index (χ0n) is 19.9. The molecule has 1 unspecified atom stereocenters. The van der Waals surface area contributed by atoms with Crippen LogP contribution in [0.3, 0.4) is 0 Å². The van der Waals surface area contributed by atoms with Gasteiger partial charge in [0.1, 0.15) is 24.7 Å². The fourth-order valence-electron chi connectivity index (χ4n) is 3.75. The van der Waals surface area contributed by atoms with Gasteiger partial charge in [0.2, 0.25) is 0 Å². The van der Waals surface area contributed by atoms with Crippen molar-refractivity contribution in [3.8, 4) is 11.5 Å². The number of benzene rings is 2. The summed E-state index contributed by atoms with van der Waals surface area (Å²) in [6, 6.07) is 11.3. The highest BCUT2D eigenvalue weighted by Crippen LogP contribution is 2.42. The van der Waals surface area contributed by atoms with Crippen LogP contribution < -0.4 is 0 Å². The SMILES string of the molecule is Cc1cc(O)cc(CCC[N+](C)(C)CCOP(=O)(O)CCCCc2ccc(C)c(O)c2)c1. The van der Waals surface area contributed by atoms with E-state index in [0.717, 1.165) is 54.5 Å². The largest absolute Gasteiger partial charge is 0.508 e. The van der Waals surface area contributed by atoms with Crippen LogP contribution >= 0.6 is 7.60 Å². The zero-order chi connectivity index (χ0) is 23.8. The van der Waals surface area contributed by atoms with Crippen molar-refractivity contribution in [3.63, 3.8) is 0 Å². The Balaban J connectivity index is 1.65. The van der Waals surface area contributed by atoms with Crippen molar-refractivity contribution < 1.29 is 28.7 Å². The van der Waals surface area contributed by atoms with Gasteiger partial charge in [0.05, 0.1) is 26.8 Å². The first-order valence-corrected chi connectivity index (χ1v) is 13.1. The summed E-state index contributed by atoms with van der Waals surface area (Å²) >= 11 is 0. The molecule has 178 valence electrons. The number of aryl methyl sites for hydroxylation is 4. The molecular weight excluding hydrogens is 425 g/mol. The summed E-state index contributed by atoms with van der Waals surface area (Å²) in [6.45, 7) is 5.65. The summed E-state index contributed by atoms with van der Waals surface area (Å²) in [5.74, 6) is 0.592. The third-order valence-corrected chi connectivity index (χ3v) is 7.24. The first-order valence-electron chi connectivity index (χ1n) is 11.3. The summed E-state index contributed by atoms with van der Waals surface area (Å²) in [5, 5.41) is 19.5. The van der Waals surface area contributed by atoms with E-state index in [1.807, 2.05) is 26.0 Å². The lowest BCUT2D eigenvalue weighted by Crippen LogP contribution is -2.43. The molecule has 0 saturated carbocycles. The number of phenols is 2. The Morgan fingerprint density at radius 1 is 0.906 bits per heavy atom.